The highest BCUT2D eigenvalue weighted by atomic mass is 16.3. The zero-order valence-corrected chi connectivity index (χ0v) is 23.8. The van der Waals surface area contributed by atoms with Gasteiger partial charge in [-0.15, -0.1) is 0 Å². The van der Waals surface area contributed by atoms with Crippen LogP contribution in [0.5, 0.6) is 0 Å². The van der Waals surface area contributed by atoms with E-state index in [0.29, 0.717) is 5.56 Å². The van der Waals surface area contributed by atoms with Gasteiger partial charge < -0.3 is 13.7 Å². The molecule has 0 saturated heterocycles. The maximum atomic E-state index is 9.44. The predicted molar refractivity (Wildman–Crippen MR) is 175 cm³/mol. The zero-order chi connectivity index (χ0) is 29.1. The van der Waals surface area contributed by atoms with E-state index in [4.69, 9.17) is 8.83 Å². The summed E-state index contributed by atoms with van der Waals surface area (Å²) in [6, 6.07) is 29.0. The second-order valence-corrected chi connectivity index (χ2v) is 11.3. The van der Waals surface area contributed by atoms with Gasteiger partial charge in [-0.05, 0) is 97.1 Å². The molecule has 0 N–H and O–H groups in total. The first kappa shape index (κ1) is 25.2. The molecule has 1 unspecified atom stereocenters. The van der Waals surface area contributed by atoms with E-state index in [-0.39, 0.29) is 5.92 Å². The first-order valence-corrected chi connectivity index (χ1v) is 14.6. The van der Waals surface area contributed by atoms with Crippen LogP contribution in [0.4, 0.5) is 5.69 Å². The van der Waals surface area contributed by atoms with Crippen LogP contribution in [0.2, 0.25) is 0 Å². The summed E-state index contributed by atoms with van der Waals surface area (Å²) in [4.78, 5) is 2.41. The Kier molecular flexibility index (Phi) is 5.74. The summed E-state index contributed by atoms with van der Waals surface area (Å²) in [7, 11) is 0. The summed E-state index contributed by atoms with van der Waals surface area (Å²) in [5.41, 5.74) is 11.5. The molecule has 2 aliphatic rings. The number of rotatable bonds is 4. The van der Waals surface area contributed by atoms with Crippen LogP contribution in [0.15, 0.2) is 142 Å². The van der Waals surface area contributed by atoms with Gasteiger partial charge in [0.2, 0.25) is 0 Å². The van der Waals surface area contributed by atoms with Gasteiger partial charge >= 0.3 is 0 Å². The molecule has 8 rings (SSSR count). The maximum absolute atomic E-state index is 9.44. The summed E-state index contributed by atoms with van der Waals surface area (Å²) in [6.07, 6.45) is 12.6. The molecular weight excluding hydrogens is 528 g/mol. The van der Waals surface area contributed by atoms with Crippen LogP contribution in [-0.4, -0.2) is 0 Å². The highest BCUT2D eigenvalue weighted by Crippen LogP contribution is 2.47. The molecule has 1 aliphatic heterocycles. The molecule has 1 atom stereocenters. The number of para-hydroxylation sites is 1. The van der Waals surface area contributed by atoms with Crippen molar-refractivity contribution >= 4 is 55.1 Å². The van der Waals surface area contributed by atoms with Crippen LogP contribution in [0, 0.1) is 17.2 Å². The number of nitrogens with zero attached hydrogens (tertiary/aromatic N) is 2. The lowest BCUT2D eigenvalue weighted by Crippen LogP contribution is -2.17. The van der Waals surface area contributed by atoms with Gasteiger partial charge in [0.25, 0.3) is 0 Å². The standard InChI is InChI=1S/C39H28N2O2/c1-3-4-7-29-24(2)41(28-14-19-39-34(22-28)31-8-5-6-9-36(31)42-39)35-16-12-26(11-15-30(29)35)27-13-18-38-33(21-27)32-20-25(23-40)10-17-37(32)43-38/h3-10,12-14,16-22,30H,1,11,15H2,2H3/b7-4-. The third kappa shape index (κ3) is 3.97. The fraction of sp³-hybridized carbons (Fsp3) is 0.103. The van der Waals surface area contributed by atoms with Gasteiger partial charge in [0.05, 0.1) is 11.6 Å². The van der Waals surface area contributed by atoms with Crippen LogP contribution < -0.4 is 4.90 Å². The van der Waals surface area contributed by atoms with Crippen molar-refractivity contribution in [2.45, 2.75) is 19.8 Å². The molecule has 0 fully saturated rings. The molecule has 206 valence electrons. The lowest BCUT2D eigenvalue weighted by atomic mass is 9.91. The molecule has 0 spiro atoms. The minimum absolute atomic E-state index is 0.262. The fourth-order valence-corrected chi connectivity index (χ4v) is 6.84. The Hall–Kier alpha value is -5.53. The van der Waals surface area contributed by atoms with E-state index in [1.165, 1.54) is 28.1 Å². The molecule has 2 aromatic heterocycles. The SMILES string of the molecule is C=C/C=C\C1=C(C)N(c2ccc3oc4ccccc4c3c2)C2=CC=C(c3ccc4oc5ccc(C#N)cc5c4c3)CCC21. The Morgan fingerprint density at radius 2 is 1.56 bits per heavy atom. The fourth-order valence-electron chi connectivity index (χ4n) is 6.84. The average molecular weight is 557 g/mol. The van der Waals surface area contributed by atoms with Crippen molar-refractivity contribution in [1.82, 2.24) is 0 Å². The number of furan rings is 2. The minimum Gasteiger partial charge on any atom is -0.456 e. The lowest BCUT2D eigenvalue weighted by molar-refractivity contribution is 0.668. The van der Waals surface area contributed by atoms with Gasteiger partial charge in [-0.25, -0.2) is 0 Å². The highest BCUT2D eigenvalue weighted by molar-refractivity contribution is 6.07. The Morgan fingerprint density at radius 3 is 2.37 bits per heavy atom. The molecule has 1 aliphatic carbocycles. The maximum Gasteiger partial charge on any atom is 0.135 e. The lowest BCUT2D eigenvalue weighted by Gasteiger charge is -2.24. The van der Waals surface area contributed by atoms with E-state index in [0.717, 1.165) is 62.4 Å². The summed E-state index contributed by atoms with van der Waals surface area (Å²) in [5, 5.41) is 13.7. The van der Waals surface area contributed by atoms with Crippen molar-refractivity contribution in [1.29, 1.82) is 5.26 Å². The largest absolute Gasteiger partial charge is 0.456 e. The molecule has 4 aromatic carbocycles. The first-order valence-electron chi connectivity index (χ1n) is 14.6. The van der Waals surface area contributed by atoms with Crippen LogP contribution in [0.1, 0.15) is 30.9 Å². The molecule has 0 radical (unpaired) electrons. The number of benzene rings is 4. The van der Waals surface area contributed by atoms with Crippen LogP contribution in [0.25, 0.3) is 49.5 Å². The van der Waals surface area contributed by atoms with Crippen molar-refractivity contribution in [3.63, 3.8) is 0 Å². The Balaban J connectivity index is 1.24. The van der Waals surface area contributed by atoms with Crippen molar-refractivity contribution < 1.29 is 8.83 Å². The van der Waals surface area contributed by atoms with E-state index < -0.39 is 0 Å². The van der Waals surface area contributed by atoms with Gasteiger partial charge in [0, 0.05) is 44.5 Å². The number of allylic oxidation sites excluding steroid dienone is 8. The summed E-state index contributed by atoms with van der Waals surface area (Å²) < 4.78 is 12.2. The van der Waals surface area contributed by atoms with Gasteiger partial charge in [-0.1, -0.05) is 55.1 Å². The second-order valence-electron chi connectivity index (χ2n) is 11.3. The van der Waals surface area contributed by atoms with E-state index in [1.807, 2.05) is 36.4 Å². The van der Waals surface area contributed by atoms with E-state index in [9.17, 15) is 5.26 Å². The smallest absolute Gasteiger partial charge is 0.135 e. The predicted octanol–water partition coefficient (Wildman–Crippen LogP) is 10.6. The van der Waals surface area contributed by atoms with Crippen molar-refractivity contribution in [3.05, 3.63) is 144 Å². The normalized spacial score (nSPS) is 17.1. The average Bonchev–Trinajstić information content (AvgIpc) is 3.62. The second kappa shape index (κ2) is 9.79. The topological polar surface area (TPSA) is 53.3 Å². The molecule has 0 bridgehead atoms. The third-order valence-corrected chi connectivity index (χ3v) is 8.90. The Labute approximate surface area is 249 Å². The molecule has 43 heavy (non-hydrogen) atoms. The van der Waals surface area contributed by atoms with Crippen molar-refractivity contribution in [2.24, 2.45) is 5.92 Å². The van der Waals surface area contributed by atoms with Crippen molar-refractivity contribution in [3.8, 4) is 6.07 Å². The molecule has 4 heteroatoms. The highest BCUT2D eigenvalue weighted by Gasteiger charge is 2.34. The van der Waals surface area contributed by atoms with Gasteiger partial charge in [0.15, 0.2) is 0 Å². The van der Waals surface area contributed by atoms with E-state index in [1.54, 1.807) is 6.07 Å². The van der Waals surface area contributed by atoms with Gasteiger partial charge in [-0.3, -0.25) is 0 Å². The van der Waals surface area contributed by atoms with Gasteiger partial charge in [-0.2, -0.15) is 5.26 Å². The van der Waals surface area contributed by atoms with Gasteiger partial charge in [0.1, 0.15) is 22.3 Å². The van der Waals surface area contributed by atoms with E-state index >= 15 is 0 Å². The number of nitriles is 1. The minimum atomic E-state index is 0.262. The molecule has 3 heterocycles. The van der Waals surface area contributed by atoms with E-state index in [2.05, 4.69) is 91.2 Å². The first-order chi connectivity index (χ1) is 21.1. The molecule has 6 aromatic rings. The number of fused-ring (bicyclic) bond motifs is 7. The van der Waals surface area contributed by atoms with Crippen molar-refractivity contribution in [2.75, 3.05) is 4.90 Å². The number of anilines is 1. The molecule has 0 amide bonds. The number of hydrogen-bond donors (Lipinski definition) is 0. The van der Waals surface area contributed by atoms with Crippen LogP contribution in [-0.2, 0) is 0 Å². The molecule has 0 saturated carbocycles. The third-order valence-electron chi connectivity index (χ3n) is 8.90. The Morgan fingerprint density at radius 1 is 0.837 bits per heavy atom. The van der Waals surface area contributed by atoms with Crippen LogP contribution in [0.3, 0.4) is 0 Å². The summed E-state index contributed by atoms with van der Waals surface area (Å²) in [5.74, 6) is 0.262. The van der Waals surface area contributed by atoms with Crippen LogP contribution >= 0.6 is 0 Å². The monoisotopic (exact) mass is 556 g/mol. The molecular formula is C39H28N2O2. The summed E-state index contributed by atoms with van der Waals surface area (Å²) >= 11 is 0. The zero-order valence-electron chi connectivity index (χ0n) is 23.8. The Bertz CT molecular complexity index is 2300. The quantitative estimate of drug-likeness (QED) is 0.203. The summed E-state index contributed by atoms with van der Waals surface area (Å²) in [6.45, 7) is 6.14. The molecule has 4 nitrogen and oxygen atoms in total. The number of hydrogen-bond acceptors (Lipinski definition) is 4.